The summed E-state index contributed by atoms with van der Waals surface area (Å²) < 4.78 is 72.0. The molecular formula is C63H100O29. The number of rotatable bonds is 14. The molecule has 0 bridgehead atoms. The monoisotopic (exact) mass is 1320 g/mol. The molecule has 0 aromatic rings. The average molecular weight is 1320 g/mol. The van der Waals surface area contributed by atoms with Crippen LogP contribution in [-0.4, -0.2) is 292 Å². The van der Waals surface area contributed by atoms with E-state index in [1.54, 1.807) is 0 Å². The van der Waals surface area contributed by atoms with Gasteiger partial charge in [0.1, 0.15) is 122 Å². The second-order valence-electron chi connectivity index (χ2n) is 29.5. The van der Waals surface area contributed by atoms with Crippen LogP contribution in [-0.2, 0) is 61.6 Å². The molecule has 0 spiro atoms. The third kappa shape index (κ3) is 12.0. The molecule has 0 aromatic carbocycles. The molecule has 6 heterocycles. The van der Waals surface area contributed by atoms with Crippen molar-refractivity contribution < 1.29 is 143 Å². The highest BCUT2D eigenvalue weighted by atomic mass is 16.8. The lowest BCUT2D eigenvalue weighted by Gasteiger charge is -2.71. The third-order valence-corrected chi connectivity index (χ3v) is 24.2. The number of hydrogen-bond acceptors (Lipinski definition) is 29. The van der Waals surface area contributed by atoms with Gasteiger partial charge in [-0.2, -0.15) is 0 Å². The van der Waals surface area contributed by atoms with Gasteiger partial charge >= 0.3 is 5.97 Å². The molecule has 526 valence electrons. The molecule has 0 radical (unpaired) electrons. The number of allylic oxidation sites excluding steroid dienone is 3. The van der Waals surface area contributed by atoms with E-state index in [4.69, 9.17) is 56.8 Å². The molecule has 0 aromatic heterocycles. The Labute approximate surface area is 533 Å². The van der Waals surface area contributed by atoms with E-state index in [1.165, 1.54) is 19.4 Å². The van der Waals surface area contributed by atoms with Crippen LogP contribution in [0, 0.1) is 44.8 Å². The van der Waals surface area contributed by atoms with Crippen LogP contribution in [0.3, 0.4) is 0 Å². The lowest BCUT2D eigenvalue weighted by atomic mass is 9.34. The predicted octanol–water partition coefficient (Wildman–Crippen LogP) is -3.52. The first-order chi connectivity index (χ1) is 43.3. The first-order valence-electron chi connectivity index (χ1n) is 32.7. The summed E-state index contributed by atoms with van der Waals surface area (Å²) in [5.74, 6) is -0.541. The van der Waals surface area contributed by atoms with Gasteiger partial charge in [0.2, 0.25) is 6.29 Å². The number of carbonyl (C=O) groups is 1. The first-order valence-corrected chi connectivity index (χ1v) is 32.7. The second kappa shape index (κ2) is 26.8. The van der Waals surface area contributed by atoms with E-state index in [1.807, 2.05) is 0 Å². The summed E-state index contributed by atoms with van der Waals surface area (Å²) in [6.45, 7) is 16.2. The second-order valence-corrected chi connectivity index (χ2v) is 29.5. The fraction of sp³-hybridized carbons (Fsp3) is 0.921. The molecule has 5 aliphatic carbocycles. The van der Waals surface area contributed by atoms with Crippen LogP contribution in [0.2, 0.25) is 0 Å². The fourth-order valence-electron chi connectivity index (χ4n) is 18.4. The standard InChI is InChI=1S/C63H100O29/c1-24-11-16-63(58(80)92-56-44(76)40(72)38(70)31(20-64)85-56)18-17-61(7)27(28(63)19-24)9-10-34-60(6)14-13-35(59(4,5)33(60)12-15-62(34,61)8)87-53-47(79)49(30(67)23-82-53)89-57-51(91-54-43(75)39(71)36(68)25(2)83-54)46(78)50(32(21-65)86-57)90-55-45(77)41(73)48(26(3)84-55)88-52-42(74)37(69)29(66)22-81-52/h9,25-26,28-57,64-79H,1,10-23H2,2-8H3/t25-,26-,28-,29-,30+,31+,32+,33-,34+,35-,36-,37-,38+,39+,40-,41-,42+,43+,44+,45+,46-,47+,48-,49-,50+,51+,52-,53-,54-,55-,56-,57-,60-,61+,62+,63-/m0/s1. The van der Waals surface area contributed by atoms with Crippen LogP contribution in [0.15, 0.2) is 23.8 Å². The molecular weight excluding hydrogens is 1220 g/mol. The number of esters is 1. The third-order valence-electron chi connectivity index (χ3n) is 24.2. The molecule has 11 rings (SSSR count). The molecule has 6 aliphatic heterocycles. The highest BCUT2D eigenvalue weighted by Gasteiger charge is 2.70. The number of aliphatic hydroxyl groups is 16. The van der Waals surface area contributed by atoms with Crippen molar-refractivity contribution in [3.8, 4) is 0 Å². The van der Waals surface area contributed by atoms with Crippen molar-refractivity contribution in [2.24, 2.45) is 44.8 Å². The fourth-order valence-corrected chi connectivity index (χ4v) is 18.4. The molecule has 0 amide bonds. The average Bonchev–Trinajstić information content (AvgIpc) is 0.677. The number of fused-ring (bicyclic) bond motifs is 7. The molecule has 36 atom stereocenters. The zero-order valence-electron chi connectivity index (χ0n) is 53.1. The quantitative estimate of drug-likeness (QED) is 0.0455. The van der Waals surface area contributed by atoms with E-state index in [0.29, 0.717) is 38.5 Å². The van der Waals surface area contributed by atoms with E-state index in [9.17, 15) is 86.5 Å². The Morgan fingerprint density at radius 3 is 1.78 bits per heavy atom. The highest BCUT2D eigenvalue weighted by molar-refractivity contribution is 5.79. The highest BCUT2D eigenvalue weighted by Crippen LogP contribution is 2.76. The number of hydrogen-bond donors (Lipinski definition) is 16. The van der Waals surface area contributed by atoms with Crippen molar-refractivity contribution in [3.05, 3.63) is 23.8 Å². The molecule has 92 heavy (non-hydrogen) atoms. The van der Waals surface area contributed by atoms with Gasteiger partial charge < -0.3 is 139 Å². The zero-order chi connectivity index (χ0) is 66.8. The van der Waals surface area contributed by atoms with E-state index in [-0.39, 0.29) is 34.0 Å². The van der Waals surface area contributed by atoms with Crippen molar-refractivity contribution >= 4 is 5.97 Å². The van der Waals surface area contributed by atoms with Gasteiger partial charge in [-0.05, 0) is 112 Å². The maximum Gasteiger partial charge on any atom is 0.315 e. The Balaban J connectivity index is 0.786. The molecule has 29 heteroatoms. The summed E-state index contributed by atoms with van der Waals surface area (Å²) in [5.41, 5.74) is -0.126. The summed E-state index contributed by atoms with van der Waals surface area (Å²) in [7, 11) is 0. The van der Waals surface area contributed by atoms with Crippen molar-refractivity contribution in [1.82, 2.24) is 0 Å². The smallest absolute Gasteiger partial charge is 0.315 e. The molecule has 10 fully saturated rings. The lowest BCUT2D eigenvalue weighted by Crippen LogP contribution is -2.68. The first kappa shape index (κ1) is 71.2. The normalized spacial score (nSPS) is 54.6. The van der Waals surface area contributed by atoms with E-state index >= 15 is 0 Å². The van der Waals surface area contributed by atoms with Crippen molar-refractivity contribution in [1.29, 1.82) is 0 Å². The Hall–Kier alpha value is -2.13. The molecule has 6 saturated heterocycles. The number of ether oxygens (including phenoxy) is 12. The van der Waals surface area contributed by atoms with Gasteiger partial charge in [-0.3, -0.25) is 4.79 Å². The maximum absolute atomic E-state index is 14.7. The Morgan fingerprint density at radius 2 is 1.10 bits per heavy atom. The van der Waals surface area contributed by atoms with Crippen LogP contribution in [0.5, 0.6) is 0 Å². The molecule has 4 saturated carbocycles. The van der Waals surface area contributed by atoms with Gasteiger partial charge in [0, 0.05) is 5.92 Å². The van der Waals surface area contributed by atoms with Crippen LogP contribution < -0.4 is 0 Å². The summed E-state index contributed by atoms with van der Waals surface area (Å²) in [6, 6.07) is 0. The van der Waals surface area contributed by atoms with Crippen molar-refractivity contribution in [2.75, 3.05) is 26.4 Å². The van der Waals surface area contributed by atoms with Crippen LogP contribution in [0.25, 0.3) is 0 Å². The van der Waals surface area contributed by atoms with Gasteiger partial charge in [0.05, 0.1) is 50.2 Å². The lowest BCUT2D eigenvalue weighted by molar-refractivity contribution is -0.402. The molecule has 16 N–H and O–H groups in total. The van der Waals surface area contributed by atoms with Gasteiger partial charge in [-0.15, -0.1) is 0 Å². The van der Waals surface area contributed by atoms with Crippen LogP contribution in [0.4, 0.5) is 0 Å². The van der Waals surface area contributed by atoms with Gasteiger partial charge in [0.15, 0.2) is 31.5 Å². The molecule has 11 aliphatic rings. The van der Waals surface area contributed by atoms with Crippen molar-refractivity contribution in [2.45, 2.75) is 291 Å². The Morgan fingerprint density at radius 1 is 0.522 bits per heavy atom. The summed E-state index contributed by atoms with van der Waals surface area (Å²) in [5, 5.41) is 175. The predicted molar refractivity (Wildman–Crippen MR) is 309 cm³/mol. The van der Waals surface area contributed by atoms with Crippen LogP contribution >= 0.6 is 0 Å². The van der Waals surface area contributed by atoms with Crippen LogP contribution in [0.1, 0.15) is 113 Å². The topological polar surface area (TPSA) is 452 Å². The zero-order valence-corrected chi connectivity index (χ0v) is 53.1. The minimum Gasteiger partial charge on any atom is -0.432 e. The SMILES string of the molecule is C=C1CC[C@]2(C(=O)O[C@@H]3O[C@H](CO)[C@@H](O)[C@H](O)[C@H]3O)CC[C@]3(C)C(=CC[C@@H]4[C@@]5(C)CC[C@H](O[C@@H]6OC[C@@H](O)[C@H](O[C@@H]7O[C@H](CO)[C@@H](O[C@@H]8O[C@@H](C)[C@H](O[C@@H]9OC[C@H](O)[C@H](O)[C@H]9O)[C@@H](O)[C@H]8O)[C@H](O)[C@H]7O[C@@H]7O[C@@H](C)[C@H](O)[C@@H](O)[C@H]7O)[C@H]6O)C(C)(C)[C@@H]5CC[C@]43C)[C@@H]2C1. The summed E-state index contributed by atoms with van der Waals surface area (Å²) in [6.07, 6.45) is -38.0. The van der Waals surface area contributed by atoms with Gasteiger partial charge in [-0.25, -0.2) is 0 Å². The minimum absolute atomic E-state index is 0.0899. The van der Waals surface area contributed by atoms with Gasteiger partial charge in [0.25, 0.3) is 0 Å². The van der Waals surface area contributed by atoms with Gasteiger partial charge in [-0.1, -0.05) is 58.4 Å². The molecule has 29 nitrogen and oxygen atoms in total. The van der Waals surface area contributed by atoms with E-state index in [2.05, 4.69) is 47.3 Å². The number of aliphatic hydroxyl groups excluding tert-OH is 16. The van der Waals surface area contributed by atoms with E-state index < -0.39 is 221 Å². The largest absolute Gasteiger partial charge is 0.432 e. The Bertz CT molecular complexity index is 2620. The maximum atomic E-state index is 14.7. The number of carbonyl (C=O) groups excluding carboxylic acids is 1. The summed E-state index contributed by atoms with van der Waals surface area (Å²) in [4.78, 5) is 14.7. The minimum atomic E-state index is -2.02. The summed E-state index contributed by atoms with van der Waals surface area (Å²) >= 11 is 0. The molecule has 0 unspecified atom stereocenters. The van der Waals surface area contributed by atoms with E-state index in [0.717, 1.165) is 31.3 Å². The van der Waals surface area contributed by atoms with Crippen molar-refractivity contribution in [3.63, 3.8) is 0 Å². The Kier molecular flexibility index (Phi) is 20.8.